The number of aliphatic imine (C=N–C) groups is 1. The van der Waals surface area contributed by atoms with Crippen molar-refractivity contribution in [2.75, 3.05) is 18.4 Å². The van der Waals surface area contributed by atoms with Crippen LogP contribution in [0.25, 0.3) is 0 Å². The Morgan fingerprint density at radius 2 is 2.03 bits per heavy atom. The third-order valence-electron chi connectivity index (χ3n) is 5.47. The highest BCUT2D eigenvalue weighted by Crippen LogP contribution is 2.32. The number of hydrogen-bond donors (Lipinski definition) is 1. The van der Waals surface area contributed by atoms with Crippen molar-refractivity contribution in [2.24, 2.45) is 4.99 Å². The summed E-state index contributed by atoms with van der Waals surface area (Å²) in [5, 5.41) is 3.10. The molecule has 1 saturated heterocycles. The average molecular weight is 453 g/mol. The van der Waals surface area contributed by atoms with Gasteiger partial charge in [0.2, 0.25) is 0 Å². The largest absolute Gasteiger partial charge is 0.461 e. The smallest absolute Gasteiger partial charge is 0.427 e. The fraction of sp³-hybridized carbons (Fsp3) is 0.364. The number of fused-ring (bicyclic) bond motifs is 1. The standard InChI is InChI=1S/C22H20F5N3O2/c1-12-8-13(23)9-17-16(12)10-19(29-17)28-14-6-7-30(11-14)20(31)15-4-2-3-5-18(15)32-22(26,27)21(24)25/h2-5,8-9,14,21H,6-7,10-11H2,1H3,(H,28,29). The topological polar surface area (TPSA) is 53.9 Å². The summed E-state index contributed by atoms with van der Waals surface area (Å²) in [4.78, 5) is 18.9. The number of ether oxygens (including phenoxy) is 1. The Kier molecular flexibility index (Phi) is 5.79. The van der Waals surface area contributed by atoms with E-state index >= 15 is 0 Å². The van der Waals surface area contributed by atoms with E-state index in [1.54, 1.807) is 0 Å². The molecule has 2 heterocycles. The predicted octanol–water partition coefficient (Wildman–Crippen LogP) is 4.65. The molecular weight excluding hydrogens is 433 g/mol. The number of nitrogens with one attached hydrogen (secondary N) is 1. The summed E-state index contributed by atoms with van der Waals surface area (Å²) in [6, 6.07) is 7.69. The summed E-state index contributed by atoms with van der Waals surface area (Å²) in [7, 11) is 0. The van der Waals surface area contributed by atoms with Crippen molar-refractivity contribution < 1.29 is 31.5 Å². The molecule has 0 aliphatic carbocycles. The van der Waals surface area contributed by atoms with Gasteiger partial charge in [-0.05, 0) is 48.7 Å². The zero-order valence-corrected chi connectivity index (χ0v) is 17.0. The summed E-state index contributed by atoms with van der Waals surface area (Å²) in [5.74, 6) is -0.892. The van der Waals surface area contributed by atoms with Crippen LogP contribution < -0.4 is 10.1 Å². The van der Waals surface area contributed by atoms with Crippen molar-refractivity contribution in [3.05, 3.63) is 58.9 Å². The first-order valence-electron chi connectivity index (χ1n) is 10.00. The van der Waals surface area contributed by atoms with Crippen LogP contribution in [0.15, 0.2) is 41.4 Å². The maximum Gasteiger partial charge on any atom is 0.461 e. The SMILES string of the molecule is Cc1cc(F)cc2c1CC(=NC1CCN(C(=O)c3ccccc3OC(F)(F)C(F)F)C1)N2. The maximum absolute atomic E-state index is 13.6. The van der Waals surface area contributed by atoms with E-state index in [0.29, 0.717) is 30.9 Å². The molecule has 2 aromatic rings. The highest BCUT2D eigenvalue weighted by Gasteiger charge is 2.45. The van der Waals surface area contributed by atoms with Gasteiger partial charge in [-0.2, -0.15) is 17.6 Å². The molecule has 0 radical (unpaired) electrons. The molecule has 2 aliphatic heterocycles. The minimum atomic E-state index is -4.71. The molecule has 0 spiro atoms. The second-order valence-electron chi connectivity index (χ2n) is 7.78. The number of para-hydroxylation sites is 1. The average Bonchev–Trinajstić information content (AvgIpc) is 3.34. The molecule has 0 bridgehead atoms. The first kappa shape index (κ1) is 22.0. The van der Waals surface area contributed by atoms with Gasteiger partial charge in [0.25, 0.3) is 5.91 Å². The second-order valence-corrected chi connectivity index (χ2v) is 7.78. The monoisotopic (exact) mass is 453 g/mol. The van der Waals surface area contributed by atoms with Gasteiger partial charge >= 0.3 is 12.5 Å². The van der Waals surface area contributed by atoms with E-state index in [1.807, 2.05) is 6.92 Å². The molecule has 1 amide bonds. The number of anilines is 1. The van der Waals surface area contributed by atoms with Crippen LogP contribution in [0.3, 0.4) is 0 Å². The first-order chi connectivity index (χ1) is 15.1. The fourth-order valence-electron chi connectivity index (χ4n) is 3.91. The highest BCUT2D eigenvalue weighted by atomic mass is 19.3. The number of benzene rings is 2. The third kappa shape index (κ3) is 4.39. The van der Waals surface area contributed by atoms with Gasteiger partial charge in [-0.25, -0.2) is 4.39 Å². The lowest BCUT2D eigenvalue weighted by atomic mass is 10.1. The minimum absolute atomic E-state index is 0.223. The van der Waals surface area contributed by atoms with Gasteiger partial charge in [0.05, 0.1) is 11.6 Å². The van der Waals surface area contributed by atoms with Gasteiger partial charge in [0.15, 0.2) is 0 Å². The van der Waals surface area contributed by atoms with Gasteiger partial charge in [0.1, 0.15) is 17.4 Å². The van der Waals surface area contributed by atoms with E-state index in [4.69, 9.17) is 0 Å². The number of alkyl halides is 4. The molecular formula is C22H20F5N3O2. The van der Waals surface area contributed by atoms with E-state index in [9.17, 15) is 26.7 Å². The zero-order valence-electron chi connectivity index (χ0n) is 17.0. The van der Waals surface area contributed by atoms with Crippen molar-refractivity contribution in [3.63, 3.8) is 0 Å². The molecule has 1 atom stereocenters. The van der Waals surface area contributed by atoms with Crippen LogP contribution in [0.1, 0.15) is 27.9 Å². The van der Waals surface area contributed by atoms with Crippen molar-refractivity contribution in [2.45, 2.75) is 38.3 Å². The number of likely N-dealkylation sites (tertiary alicyclic amines) is 1. The Labute approximate surface area is 180 Å². The zero-order chi connectivity index (χ0) is 23.0. The lowest BCUT2D eigenvalue weighted by Gasteiger charge is -2.21. The molecule has 32 heavy (non-hydrogen) atoms. The van der Waals surface area contributed by atoms with Gasteiger partial charge in [-0.3, -0.25) is 9.79 Å². The third-order valence-corrected chi connectivity index (χ3v) is 5.47. The van der Waals surface area contributed by atoms with Crippen LogP contribution in [-0.4, -0.2) is 48.3 Å². The molecule has 0 saturated carbocycles. The number of hydrogen-bond acceptors (Lipinski definition) is 3. The van der Waals surface area contributed by atoms with Gasteiger partial charge < -0.3 is 15.0 Å². The molecule has 2 aromatic carbocycles. The summed E-state index contributed by atoms with van der Waals surface area (Å²) >= 11 is 0. The molecule has 1 fully saturated rings. The van der Waals surface area contributed by atoms with E-state index in [2.05, 4.69) is 15.0 Å². The molecule has 4 rings (SSSR count). The van der Waals surface area contributed by atoms with Crippen LogP contribution in [0, 0.1) is 12.7 Å². The number of amides is 1. The molecule has 1 N–H and O–H groups in total. The van der Waals surface area contributed by atoms with E-state index in [-0.39, 0.29) is 24.0 Å². The normalized spacial score (nSPS) is 19.4. The predicted molar refractivity (Wildman–Crippen MR) is 108 cm³/mol. The quantitative estimate of drug-likeness (QED) is 0.671. The molecule has 0 aromatic heterocycles. The number of rotatable bonds is 5. The van der Waals surface area contributed by atoms with E-state index in [0.717, 1.165) is 17.2 Å². The molecule has 2 aliphatic rings. The van der Waals surface area contributed by atoms with E-state index in [1.165, 1.54) is 35.2 Å². The van der Waals surface area contributed by atoms with Crippen LogP contribution in [0.5, 0.6) is 5.75 Å². The molecule has 5 nitrogen and oxygen atoms in total. The van der Waals surface area contributed by atoms with Crippen LogP contribution in [0.2, 0.25) is 0 Å². The number of aryl methyl sites for hydroxylation is 1. The molecule has 170 valence electrons. The lowest BCUT2D eigenvalue weighted by Crippen LogP contribution is -2.35. The van der Waals surface area contributed by atoms with Crippen molar-refractivity contribution in [1.29, 1.82) is 0 Å². The second kappa shape index (κ2) is 8.40. The summed E-state index contributed by atoms with van der Waals surface area (Å²) in [6.07, 6.45) is -7.68. The van der Waals surface area contributed by atoms with Gasteiger partial charge in [0, 0.05) is 25.2 Å². The summed E-state index contributed by atoms with van der Waals surface area (Å²) in [5.41, 5.74) is 2.22. The Hall–Kier alpha value is -3.17. The number of carbonyl (C=O) groups is 1. The minimum Gasteiger partial charge on any atom is -0.427 e. The Morgan fingerprint density at radius 1 is 1.28 bits per heavy atom. The van der Waals surface area contributed by atoms with Gasteiger partial charge in [-0.1, -0.05) is 12.1 Å². The molecule has 1 unspecified atom stereocenters. The summed E-state index contributed by atoms with van der Waals surface area (Å²) < 4.78 is 69.5. The summed E-state index contributed by atoms with van der Waals surface area (Å²) in [6.45, 7) is 2.37. The van der Waals surface area contributed by atoms with Crippen LogP contribution >= 0.6 is 0 Å². The van der Waals surface area contributed by atoms with Crippen molar-refractivity contribution >= 4 is 17.4 Å². The van der Waals surface area contributed by atoms with Gasteiger partial charge in [-0.15, -0.1) is 0 Å². The Bertz CT molecular complexity index is 1070. The fourth-order valence-corrected chi connectivity index (χ4v) is 3.91. The lowest BCUT2D eigenvalue weighted by molar-refractivity contribution is -0.253. The van der Waals surface area contributed by atoms with Crippen molar-refractivity contribution in [3.8, 4) is 5.75 Å². The van der Waals surface area contributed by atoms with Crippen molar-refractivity contribution in [1.82, 2.24) is 4.90 Å². The van der Waals surface area contributed by atoms with Crippen LogP contribution in [-0.2, 0) is 6.42 Å². The Balaban J connectivity index is 1.45. The highest BCUT2D eigenvalue weighted by molar-refractivity contribution is 6.03. The maximum atomic E-state index is 13.6. The molecule has 10 heteroatoms. The Morgan fingerprint density at radius 3 is 2.78 bits per heavy atom. The number of carbonyl (C=O) groups excluding carboxylic acids is 1. The van der Waals surface area contributed by atoms with E-state index < -0.39 is 24.2 Å². The van der Waals surface area contributed by atoms with Crippen LogP contribution in [0.4, 0.5) is 27.6 Å². The number of nitrogens with zero attached hydrogens (tertiary/aromatic N) is 2. The number of halogens is 5. The number of amidine groups is 1. The first-order valence-corrected chi connectivity index (χ1v) is 10.00.